The lowest BCUT2D eigenvalue weighted by atomic mass is 10.2. The molecule has 1 aliphatic rings. The molecule has 1 fully saturated rings. The minimum absolute atomic E-state index is 0.655. The summed E-state index contributed by atoms with van der Waals surface area (Å²) in [5.41, 5.74) is 2.09. The van der Waals surface area contributed by atoms with Gasteiger partial charge in [-0.1, -0.05) is 41.1 Å². The van der Waals surface area contributed by atoms with E-state index in [-0.39, 0.29) is 0 Å². The summed E-state index contributed by atoms with van der Waals surface area (Å²) >= 11 is 8.07. The van der Waals surface area contributed by atoms with Crippen LogP contribution in [0.25, 0.3) is 10.2 Å². The zero-order valence-electron chi connectivity index (χ0n) is 14.1. The van der Waals surface area contributed by atoms with E-state index in [1.165, 1.54) is 4.70 Å². The van der Waals surface area contributed by atoms with E-state index in [0.717, 1.165) is 53.3 Å². The molecule has 25 heavy (non-hydrogen) atoms. The number of rotatable bonds is 4. The highest BCUT2D eigenvalue weighted by Crippen LogP contribution is 2.35. The molecular formula is C19H20ClN3OS. The molecule has 0 saturated carbocycles. The maximum Gasteiger partial charge on any atom is 0.186 e. The Balaban J connectivity index is 1.52. The van der Waals surface area contributed by atoms with Crippen LogP contribution in [-0.2, 0) is 0 Å². The topological polar surface area (TPSA) is 28.6 Å². The Morgan fingerprint density at radius 3 is 2.56 bits per heavy atom. The maximum absolute atomic E-state index is 6.33. The number of halogens is 1. The van der Waals surface area contributed by atoms with Crippen LogP contribution in [0, 0.1) is 0 Å². The van der Waals surface area contributed by atoms with Crippen LogP contribution in [0.2, 0.25) is 5.02 Å². The second-order valence-corrected chi connectivity index (χ2v) is 7.37. The fourth-order valence-electron chi connectivity index (χ4n) is 3.17. The number of thiazole rings is 1. The summed E-state index contributed by atoms with van der Waals surface area (Å²) in [4.78, 5) is 9.55. The third kappa shape index (κ3) is 3.26. The van der Waals surface area contributed by atoms with E-state index in [1.807, 2.05) is 37.3 Å². The average Bonchev–Trinajstić information content (AvgIpc) is 3.08. The van der Waals surface area contributed by atoms with Crippen LogP contribution in [-0.4, -0.2) is 37.8 Å². The van der Waals surface area contributed by atoms with Crippen molar-refractivity contribution in [2.45, 2.75) is 6.92 Å². The first-order valence-electron chi connectivity index (χ1n) is 8.53. The molecule has 3 aromatic rings. The summed E-state index contributed by atoms with van der Waals surface area (Å²) < 4.78 is 6.89. The van der Waals surface area contributed by atoms with Crippen LogP contribution < -0.4 is 14.5 Å². The molecule has 0 spiro atoms. The summed E-state index contributed by atoms with van der Waals surface area (Å²) in [5.74, 6) is 0.872. The Morgan fingerprint density at radius 2 is 1.80 bits per heavy atom. The van der Waals surface area contributed by atoms with E-state index in [4.69, 9.17) is 21.3 Å². The van der Waals surface area contributed by atoms with Gasteiger partial charge in [0.1, 0.15) is 11.3 Å². The monoisotopic (exact) mass is 373 g/mol. The Morgan fingerprint density at radius 1 is 1.04 bits per heavy atom. The van der Waals surface area contributed by atoms with Gasteiger partial charge in [-0.05, 0) is 31.2 Å². The highest BCUT2D eigenvalue weighted by atomic mass is 35.5. The largest absolute Gasteiger partial charge is 0.492 e. The van der Waals surface area contributed by atoms with Gasteiger partial charge in [0.15, 0.2) is 5.13 Å². The molecular weight excluding hydrogens is 354 g/mol. The van der Waals surface area contributed by atoms with Crippen molar-refractivity contribution in [1.82, 2.24) is 4.98 Å². The van der Waals surface area contributed by atoms with Gasteiger partial charge in [0.2, 0.25) is 0 Å². The highest BCUT2D eigenvalue weighted by Gasteiger charge is 2.21. The molecule has 130 valence electrons. The van der Waals surface area contributed by atoms with Crippen molar-refractivity contribution in [2.24, 2.45) is 0 Å². The van der Waals surface area contributed by atoms with Crippen molar-refractivity contribution >= 4 is 44.0 Å². The molecule has 0 bridgehead atoms. The number of aromatic nitrogens is 1. The number of ether oxygens (including phenoxy) is 1. The predicted molar refractivity (Wildman–Crippen MR) is 107 cm³/mol. The van der Waals surface area contributed by atoms with E-state index < -0.39 is 0 Å². The van der Waals surface area contributed by atoms with Crippen LogP contribution in [0.15, 0.2) is 42.5 Å². The summed E-state index contributed by atoms with van der Waals surface area (Å²) in [7, 11) is 0. The van der Waals surface area contributed by atoms with Gasteiger partial charge in [0, 0.05) is 26.2 Å². The van der Waals surface area contributed by atoms with Crippen LogP contribution in [0.4, 0.5) is 10.8 Å². The number of hydrogen-bond acceptors (Lipinski definition) is 5. The number of benzene rings is 2. The lowest BCUT2D eigenvalue weighted by Gasteiger charge is -2.36. The van der Waals surface area contributed by atoms with Crippen molar-refractivity contribution in [1.29, 1.82) is 0 Å². The second-order valence-electron chi connectivity index (χ2n) is 5.96. The molecule has 2 aromatic carbocycles. The first-order valence-corrected chi connectivity index (χ1v) is 9.72. The van der Waals surface area contributed by atoms with Gasteiger partial charge < -0.3 is 14.5 Å². The number of hydrogen-bond donors (Lipinski definition) is 0. The zero-order valence-corrected chi connectivity index (χ0v) is 15.7. The number of para-hydroxylation sites is 2. The first-order chi connectivity index (χ1) is 12.3. The summed E-state index contributed by atoms with van der Waals surface area (Å²) in [5, 5.41) is 1.89. The molecule has 0 unspecified atom stereocenters. The molecule has 1 aliphatic heterocycles. The molecule has 0 radical (unpaired) electrons. The summed E-state index contributed by atoms with van der Waals surface area (Å²) in [6, 6.07) is 14.2. The van der Waals surface area contributed by atoms with E-state index in [0.29, 0.717) is 6.61 Å². The van der Waals surface area contributed by atoms with Crippen LogP contribution in [0.3, 0.4) is 0 Å². The molecule has 1 aromatic heterocycles. The van der Waals surface area contributed by atoms with E-state index >= 15 is 0 Å². The molecule has 6 heteroatoms. The molecule has 4 rings (SSSR count). The fraction of sp³-hybridized carbons (Fsp3) is 0.316. The third-order valence-corrected chi connectivity index (χ3v) is 5.81. The smallest absolute Gasteiger partial charge is 0.186 e. The van der Waals surface area contributed by atoms with E-state index in [1.54, 1.807) is 11.3 Å². The summed E-state index contributed by atoms with van der Waals surface area (Å²) in [6.45, 7) is 6.42. The second kappa shape index (κ2) is 7.10. The molecule has 2 heterocycles. The van der Waals surface area contributed by atoms with Gasteiger partial charge in [-0.2, -0.15) is 0 Å². The summed E-state index contributed by atoms with van der Waals surface area (Å²) in [6.07, 6.45) is 0. The number of anilines is 2. The van der Waals surface area contributed by atoms with Crippen molar-refractivity contribution in [2.75, 3.05) is 42.6 Å². The highest BCUT2D eigenvalue weighted by molar-refractivity contribution is 7.22. The van der Waals surface area contributed by atoms with Crippen molar-refractivity contribution < 1.29 is 4.74 Å². The van der Waals surface area contributed by atoms with Gasteiger partial charge in [0.25, 0.3) is 0 Å². The van der Waals surface area contributed by atoms with Crippen LogP contribution >= 0.6 is 22.9 Å². The Hall–Kier alpha value is -1.98. The van der Waals surface area contributed by atoms with Gasteiger partial charge in [-0.25, -0.2) is 4.98 Å². The van der Waals surface area contributed by atoms with E-state index in [2.05, 4.69) is 21.9 Å². The molecule has 0 atom stereocenters. The SMILES string of the molecule is CCOc1cccc2sc(N3CCN(c4ccccc4Cl)CC3)nc12. The van der Waals surface area contributed by atoms with Crippen LogP contribution in [0.1, 0.15) is 6.92 Å². The molecule has 0 aliphatic carbocycles. The number of fused-ring (bicyclic) bond motifs is 1. The first kappa shape index (κ1) is 16.5. The fourth-order valence-corrected chi connectivity index (χ4v) is 4.46. The predicted octanol–water partition coefficient (Wildman–Crippen LogP) is 4.68. The van der Waals surface area contributed by atoms with Crippen molar-refractivity contribution in [3.05, 3.63) is 47.5 Å². The van der Waals surface area contributed by atoms with Crippen molar-refractivity contribution in [3.63, 3.8) is 0 Å². The molecule has 1 saturated heterocycles. The minimum Gasteiger partial charge on any atom is -0.492 e. The third-order valence-electron chi connectivity index (χ3n) is 4.41. The van der Waals surface area contributed by atoms with Gasteiger partial charge >= 0.3 is 0 Å². The normalized spacial score (nSPS) is 15.0. The lowest BCUT2D eigenvalue weighted by molar-refractivity contribution is 0.344. The Bertz CT molecular complexity index is 874. The Labute approximate surface area is 156 Å². The van der Waals surface area contributed by atoms with E-state index in [9.17, 15) is 0 Å². The zero-order chi connectivity index (χ0) is 17.2. The number of piperazine rings is 1. The lowest BCUT2D eigenvalue weighted by Crippen LogP contribution is -2.46. The van der Waals surface area contributed by atoms with Crippen molar-refractivity contribution in [3.8, 4) is 5.75 Å². The number of nitrogens with zero attached hydrogens (tertiary/aromatic N) is 3. The molecule has 0 N–H and O–H groups in total. The van der Waals surface area contributed by atoms with Gasteiger partial charge in [0.05, 0.1) is 22.0 Å². The molecule has 0 amide bonds. The average molecular weight is 374 g/mol. The standard InChI is InChI=1S/C19H20ClN3OS/c1-2-24-16-8-5-9-17-18(16)21-19(25-17)23-12-10-22(11-13-23)15-7-4-3-6-14(15)20/h3-9H,2,10-13H2,1H3. The Kier molecular flexibility index (Phi) is 4.68. The quantitative estimate of drug-likeness (QED) is 0.664. The maximum atomic E-state index is 6.33. The minimum atomic E-state index is 0.655. The van der Waals surface area contributed by atoms with Gasteiger partial charge in [-0.15, -0.1) is 0 Å². The van der Waals surface area contributed by atoms with Crippen LogP contribution in [0.5, 0.6) is 5.75 Å². The van der Waals surface area contributed by atoms with Gasteiger partial charge in [-0.3, -0.25) is 0 Å². The molecule has 4 nitrogen and oxygen atoms in total.